The van der Waals surface area contributed by atoms with Crippen LogP contribution in [0.2, 0.25) is 0 Å². The van der Waals surface area contributed by atoms with Crippen LogP contribution in [0.3, 0.4) is 0 Å². The molecule has 23 heavy (non-hydrogen) atoms. The molecule has 3 aromatic rings. The van der Waals surface area contributed by atoms with Gasteiger partial charge >= 0.3 is 0 Å². The molecule has 1 amide bonds. The van der Waals surface area contributed by atoms with E-state index in [1.807, 2.05) is 24.0 Å². The van der Waals surface area contributed by atoms with Gasteiger partial charge in [0.1, 0.15) is 0 Å². The molecule has 0 radical (unpaired) electrons. The Balaban J connectivity index is 1.73. The second kappa shape index (κ2) is 5.19. The Labute approximate surface area is 133 Å². The number of hydrogen-bond donors (Lipinski definition) is 0. The molecule has 7 heteroatoms. The molecule has 7 nitrogen and oxygen atoms in total. The number of amides is 1. The highest BCUT2D eigenvalue weighted by Crippen LogP contribution is 2.29. The summed E-state index contributed by atoms with van der Waals surface area (Å²) in [4.78, 5) is 19.2. The molecule has 1 unspecified atom stereocenters. The summed E-state index contributed by atoms with van der Waals surface area (Å²) in [6.45, 7) is 5.47. The fourth-order valence-corrected chi connectivity index (χ4v) is 3.29. The maximum absolute atomic E-state index is 13.0. The van der Waals surface area contributed by atoms with Crippen LogP contribution in [-0.4, -0.2) is 41.5 Å². The average molecular weight is 310 g/mol. The zero-order chi connectivity index (χ0) is 16.0. The van der Waals surface area contributed by atoms with Crippen molar-refractivity contribution >= 4 is 11.7 Å². The summed E-state index contributed by atoms with van der Waals surface area (Å²) in [5, 5.41) is 8.11. The molecular formula is C16H18N6O. The van der Waals surface area contributed by atoms with Crippen molar-refractivity contribution in [3.63, 3.8) is 0 Å². The fourth-order valence-electron chi connectivity index (χ4n) is 3.29. The van der Waals surface area contributed by atoms with E-state index in [0.29, 0.717) is 18.1 Å². The number of carbonyl (C=O) groups excluding carboxylic acids is 1. The molecule has 0 N–H and O–H groups in total. The maximum atomic E-state index is 13.0. The summed E-state index contributed by atoms with van der Waals surface area (Å²) >= 11 is 0. The summed E-state index contributed by atoms with van der Waals surface area (Å²) in [5.74, 6) is 0.690. The minimum atomic E-state index is -0.0950. The number of hydrogen-bond acceptors (Lipinski definition) is 4. The van der Waals surface area contributed by atoms with Crippen LogP contribution in [0.25, 0.3) is 5.78 Å². The van der Waals surface area contributed by atoms with E-state index in [1.54, 1.807) is 10.6 Å². The van der Waals surface area contributed by atoms with Crippen LogP contribution in [0, 0.1) is 6.92 Å². The zero-order valence-electron chi connectivity index (χ0n) is 13.2. The molecule has 0 saturated carbocycles. The van der Waals surface area contributed by atoms with E-state index in [1.165, 1.54) is 5.69 Å². The minimum absolute atomic E-state index is 0.0667. The smallest absolute Gasteiger partial charge is 0.292 e. The molecule has 4 rings (SSSR count). The van der Waals surface area contributed by atoms with Crippen LogP contribution < -0.4 is 0 Å². The van der Waals surface area contributed by atoms with Crippen LogP contribution >= 0.6 is 0 Å². The Morgan fingerprint density at radius 1 is 1.26 bits per heavy atom. The Bertz CT molecular complexity index is 880. The molecule has 1 atom stereocenters. The van der Waals surface area contributed by atoms with Crippen molar-refractivity contribution in [3.05, 3.63) is 47.8 Å². The van der Waals surface area contributed by atoms with Crippen LogP contribution in [0.4, 0.5) is 0 Å². The Morgan fingerprint density at radius 2 is 2.13 bits per heavy atom. The van der Waals surface area contributed by atoms with E-state index in [4.69, 9.17) is 0 Å². The number of carbonyl (C=O) groups is 1. The first-order valence-electron chi connectivity index (χ1n) is 7.83. The number of fused-ring (bicyclic) bond motifs is 2. The largest absolute Gasteiger partial charge is 0.348 e. The monoisotopic (exact) mass is 310 g/mol. The normalized spacial score (nSPS) is 17.5. The predicted octanol–water partition coefficient (Wildman–Crippen LogP) is 1.84. The van der Waals surface area contributed by atoms with Crippen molar-refractivity contribution in [2.24, 2.45) is 0 Å². The number of aromatic nitrogens is 5. The van der Waals surface area contributed by atoms with Gasteiger partial charge in [-0.15, -0.1) is 10.2 Å². The van der Waals surface area contributed by atoms with Crippen LogP contribution in [0.15, 0.2) is 30.6 Å². The quantitative estimate of drug-likeness (QED) is 0.724. The lowest BCUT2D eigenvalue weighted by Crippen LogP contribution is -2.42. The van der Waals surface area contributed by atoms with Gasteiger partial charge in [0.05, 0.1) is 6.04 Å². The van der Waals surface area contributed by atoms with Gasteiger partial charge in [0.25, 0.3) is 11.7 Å². The molecule has 118 valence electrons. The first kappa shape index (κ1) is 13.9. The third-order valence-corrected chi connectivity index (χ3v) is 4.42. The van der Waals surface area contributed by atoms with E-state index in [-0.39, 0.29) is 11.9 Å². The molecule has 4 heterocycles. The van der Waals surface area contributed by atoms with E-state index in [2.05, 4.69) is 38.9 Å². The van der Waals surface area contributed by atoms with Crippen molar-refractivity contribution in [1.29, 1.82) is 0 Å². The van der Waals surface area contributed by atoms with Crippen molar-refractivity contribution in [2.45, 2.75) is 32.9 Å². The molecule has 0 aliphatic carbocycles. The first-order valence-corrected chi connectivity index (χ1v) is 7.83. The lowest BCUT2D eigenvalue weighted by atomic mass is 10.1. The number of rotatable bonds is 2. The van der Waals surface area contributed by atoms with E-state index >= 15 is 0 Å². The zero-order valence-corrected chi connectivity index (χ0v) is 13.2. The second-order valence-electron chi connectivity index (χ2n) is 5.81. The molecular weight excluding hydrogens is 292 g/mol. The first-order chi connectivity index (χ1) is 11.2. The van der Waals surface area contributed by atoms with E-state index < -0.39 is 0 Å². The summed E-state index contributed by atoms with van der Waals surface area (Å²) in [7, 11) is 0. The van der Waals surface area contributed by atoms with Gasteiger partial charge in [0, 0.05) is 36.9 Å². The van der Waals surface area contributed by atoms with Gasteiger partial charge in [-0.25, -0.2) is 4.98 Å². The molecule has 0 spiro atoms. The molecule has 0 fully saturated rings. The Hall–Kier alpha value is -2.70. The van der Waals surface area contributed by atoms with Crippen LogP contribution in [0.1, 0.15) is 41.4 Å². The van der Waals surface area contributed by atoms with E-state index in [0.717, 1.165) is 18.7 Å². The SMILES string of the molecule is CCC1c2cccn2CCN1C(=O)c1nnc2nc(C)ccn12. The van der Waals surface area contributed by atoms with E-state index in [9.17, 15) is 4.79 Å². The van der Waals surface area contributed by atoms with Gasteiger partial charge in [-0.3, -0.25) is 9.20 Å². The summed E-state index contributed by atoms with van der Waals surface area (Å²) in [6, 6.07) is 6.04. The van der Waals surface area contributed by atoms with Gasteiger partial charge in [0.15, 0.2) is 0 Å². The maximum Gasteiger partial charge on any atom is 0.292 e. The summed E-state index contributed by atoms with van der Waals surface area (Å²) < 4.78 is 3.88. The topological polar surface area (TPSA) is 68.3 Å². The van der Waals surface area contributed by atoms with Gasteiger partial charge in [-0.05, 0) is 31.5 Å². The van der Waals surface area contributed by atoms with Crippen LogP contribution in [0.5, 0.6) is 0 Å². The van der Waals surface area contributed by atoms with Crippen molar-refractivity contribution < 1.29 is 4.79 Å². The average Bonchev–Trinajstić information content (AvgIpc) is 3.19. The highest BCUT2D eigenvalue weighted by Gasteiger charge is 2.32. The molecule has 0 aromatic carbocycles. The van der Waals surface area contributed by atoms with Gasteiger partial charge in [-0.1, -0.05) is 6.92 Å². The molecule has 1 aliphatic heterocycles. The Morgan fingerprint density at radius 3 is 2.96 bits per heavy atom. The number of aryl methyl sites for hydroxylation is 1. The Kier molecular flexibility index (Phi) is 3.14. The van der Waals surface area contributed by atoms with Gasteiger partial charge < -0.3 is 9.47 Å². The standard InChI is InChI=1S/C16H18N6O/c1-3-12-13-5-4-7-20(13)9-10-21(12)15(23)14-18-19-16-17-11(2)6-8-22(14)16/h4-8,12H,3,9-10H2,1-2H3. The second-order valence-corrected chi connectivity index (χ2v) is 5.81. The highest BCUT2D eigenvalue weighted by molar-refractivity contribution is 5.91. The van der Waals surface area contributed by atoms with Crippen molar-refractivity contribution in [3.8, 4) is 0 Å². The highest BCUT2D eigenvalue weighted by atomic mass is 16.2. The minimum Gasteiger partial charge on any atom is -0.348 e. The number of nitrogens with zero attached hydrogens (tertiary/aromatic N) is 6. The molecule has 1 aliphatic rings. The van der Waals surface area contributed by atoms with Crippen LogP contribution in [-0.2, 0) is 6.54 Å². The molecule has 0 saturated heterocycles. The third-order valence-electron chi connectivity index (χ3n) is 4.42. The fraction of sp³-hybridized carbons (Fsp3) is 0.375. The lowest BCUT2D eigenvalue weighted by Gasteiger charge is -2.36. The summed E-state index contributed by atoms with van der Waals surface area (Å²) in [6.07, 6.45) is 4.74. The predicted molar refractivity (Wildman–Crippen MR) is 84.0 cm³/mol. The molecule has 0 bridgehead atoms. The van der Waals surface area contributed by atoms with Gasteiger partial charge in [0.2, 0.25) is 5.82 Å². The van der Waals surface area contributed by atoms with Crippen molar-refractivity contribution in [2.75, 3.05) is 6.54 Å². The third kappa shape index (κ3) is 2.11. The van der Waals surface area contributed by atoms with Gasteiger partial charge in [-0.2, -0.15) is 0 Å². The lowest BCUT2D eigenvalue weighted by molar-refractivity contribution is 0.0603. The molecule has 3 aromatic heterocycles. The summed E-state index contributed by atoms with van der Waals surface area (Å²) in [5.41, 5.74) is 2.03. The van der Waals surface area contributed by atoms with Crippen molar-refractivity contribution in [1.82, 2.24) is 29.0 Å².